The molecule has 0 atom stereocenters. The first-order chi connectivity index (χ1) is 9.82. The van der Waals surface area contributed by atoms with E-state index in [9.17, 15) is 5.26 Å². The van der Waals surface area contributed by atoms with Crippen molar-refractivity contribution in [2.45, 2.75) is 40.0 Å². The minimum Gasteiger partial charge on any atom is -0.455 e. The number of rotatable bonds is 2. The van der Waals surface area contributed by atoms with E-state index in [4.69, 9.17) is 4.74 Å². The van der Waals surface area contributed by atoms with E-state index in [1.807, 2.05) is 32.0 Å². The van der Waals surface area contributed by atoms with Crippen LogP contribution in [0.2, 0.25) is 0 Å². The summed E-state index contributed by atoms with van der Waals surface area (Å²) in [5.41, 5.74) is 4.00. The van der Waals surface area contributed by atoms with Crippen molar-refractivity contribution in [2.24, 2.45) is 0 Å². The molecule has 2 nitrogen and oxygen atoms in total. The van der Waals surface area contributed by atoms with Crippen LogP contribution in [0, 0.1) is 25.2 Å². The molecule has 0 heterocycles. The van der Waals surface area contributed by atoms with E-state index in [0.29, 0.717) is 11.3 Å². The third-order valence-corrected chi connectivity index (χ3v) is 3.59. The van der Waals surface area contributed by atoms with Gasteiger partial charge in [-0.25, -0.2) is 0 Å². The summed E-state index contributed by atoms with van der Waals surface area (Å²) in [5, 5.41) is 9.21. The molecule has 108 valence electrons. The Morgan fingerprint density at radius 2 is 1.71 bits per heavy atom. The fourth-order valence-corrected chi connectivity index (χ4v) is 2.22. The van der Waals surface area contributed by atoms with Crippen LogP contribution in [0.5, 0.6) is 11.5 Å². The molecule has 0 saturated carbocycles. The van der Waals surface area contributed by atoms with Gasteiger partial charge in [0, 0.05) is 0 Å². The van der Waals surface area contributed by atoms with Gasteiger partial charge in [0.1, 0.15) is 17.6 Å². The second-order valence-electron chi connectivity index (χ2n) is 6.40. The Labute approximate surface area is 127 Å². The van der Waals surface area contributed by atoms with Crippen LogP contribution in [0.15, 0.2) is 36.4 Å². The standard InChI is InChI=1S/C19H21NO/c1-13-7-6-8-15(12-20)18(13)21-17-10-9-16(11-14(17)2)19(3,4)5/h6-11H,1-5H3. The number of nitriles is 1. The number of benzene rings is 2. The molecule has 2 rings (SSSR count). The fourth-order valence-electron chi connectivity index (χ4n) is 2.22. The quantitative estimate of drug-likeness (QED) is 0.750. The van der Waals surface area contributed by atoms with Gasteiger partial charge in [-0.3, -0.25) is 0 Å². The van der Waals surface area contributed by atoms with E-state index in [0.717, 1.165) is 16.9 Å². The van der Waals surface area contributed by atoms with Crippen molar-refractivity contribution in [2.75, 3.05) is 0 Å². The SMILES string of the molecule is Cc1cc(C(C)(C)C)ccc1Oc1c(C)cccc1C#N. The number of para-hydroxylation sites is 1. The molecule has 0 radical (unpaired) electrons. The van der Waals surface area contributed by atoms with Crippen molar-refractivity contribution >= 4 is 0 Å². The number of hydrogen-bond donors (Lipinski definition) is 0. The first-order valence-electron chi connectivity index (χ1n) is 7.11. The summed E-state index contributed by atoms with van der Waals surface area (Å²) in [4.78, 5) is 0. The summed E-state index contributed by atoms with van der Waals surface area (Å²) < 4.78 is 6.01. The van der Waals surface area contributed by atoms with Gasteiger partial charge in [0.05, 0.1) is 5.56 Å². The Balaban J connectivity index is 2.40. The van der Waals surface area contributed by atoms with Crippen LogP contribution in [-0.2, 0) is 5.41 Å². The van der Waals surface area contributed by atoms with Gasteiger partial charge in [-0.05, 0) is 48.1 Å². The molecule has 0 bridgehead atoms. The van der Waals surface area contributed by atoms with E-state index < -0.39 is 0 Å². The maximum Gasteiger partial charge on any atom is 0.148 e. The number of hydrogen-bond acceptors (Lipinski definition) is 2. The molecule has 0 spiro atoms. The lowest BCUT2D eigenvalue weighted by molar-refractivity contribution is 0.472. The van der Waals surface area contributed by atoms with E-state index in [1.54, 1.807) is 6.07 Å². The monoisotopic (exact) mass is 279 g/mol. The third kappa shape index (κ3) is 3.25. The highest BCUT2D eigenvalue weighted by molar-refractivity contribution is 5.51. The van der Waals surface area contributed by atoms with Gasteiger partial charge in [-0.15, -0.1) is 0 Å². The van der Waals surface area contributed by atoms with Crippen molar-refractivity contribution in [3.63, 3.8) is 0 Å². The molecule has 0 N–H and O–H groups in total. The Kier molecular flexibility index (Phi) is 4.04. The predicted octanol–water partition coefficient (Wildman–Crippen LogP) is 5.26. The van der Waals surface area contributed by atoms with Gasteiger partial charge in [-0.2, -0.15) is 5.26 Å². The van der Waals surface area contributed by atoms with E-state index >= 15 is 0 Å². The number of ether oxygens (including phenoxy) is 1. The van der Waals surface area contributed by atoms with Gasteiger partial charge in [-0.1, -0.05) is 45.0 Å². The summed E-state index contributed by atoms with van der Waals surface area (Å²) in [6.07, 6.45) is 0. The lowest BCUT2D eigenvalue weighted by atomic mass is 9.86. The minimum atomic E-state index is 0.115. The van der Waals surface area contributed by atoms with E-state index in [2.05, 4.69) is 39.0 Å². The second-order valence-corrected chi connectivity index (χ2v) is 6.40. The smallest absolute Gasteiger partial charge is 0.148 e. The van der Waals surface area contributed by atoms with Crippen LogP contribution < -0.4 is 4.74 Å². The highest BCUT2D eigenvalue weighted by atomic mass is 16.5. The molecule has 0 fully saturated rings. The van der Waals surface area contributed by atoms with Crippen LogP contribution in [0.25, 0.3) is 0 Å². The van der Waals surface area contributed by atoms with Crippen molar-refractivity contribution in [3.05, 3.63) is 58.7 Å². The van der Waals surface area contributed by atoms with Crippen LogP contribution in [-0.4, -0.2) is 0 Å². The van der Waals surface area contributed by atoms with Gasteiger partial charge in [0.25, 0.3) is 0 Å². The maximum atomic E-state index is 9.21. The molecule has 0 aliphatic carbocycles. The van der Waals surface area contributed by atoms with Crippen LogP contribution in [0.3, 0.4) is 0 Å². The average molecular weight is 279 g/mol. The Morgan fingerprint density at radius 3 is 2.29 bits per heavy atom. The summed E-state index contributed by atoms with van der Waals surface area (Å²) in [5.74, 6) is 1.44. The normalized spacial score (nSPS) is 11.0. The Morgan fingerprint density at radius 1 is 1.00 bits per heavy atom. The molecule has 0 aromatic heterocycles. The largest absolute Gasteiger partial charge is 0.455 e. The third-order valence-electron chi connectivity index (χ3n) is 3.59. The van der Waals surface area contributed by atoms with E-state index in [1.165, 1.54) is 5.56 Å². The van der Waals surface area contributed by atoms with Crippen molar-refractivity contribution in [1.82, 2.24) is 0 Å². The van der Waals surface area contributed by atoms with Crippen molar-refractivity contribution in [1.29, 1.82) is 5.26 Å². The average Bonchev–Trinajstić information content (AvgIpc) is 2.41. The molecular weight excluding hydrogens is 258 g/mol. The molecule has 2 aromatic carbocycles. The lowest BCUT2D eigenvalue weighted by Gasteiger charge is -2.21. The summed E-state index contributed by atoms with van der Waals surface area (Å²) in [6.45, 7) is 10.6. The maximum absolute atomic E-state index is 9.21. The van der Waals surface area contributed by atoms with Crippen molar-refractivity contribution in [3.8, 4) is 17.6 Å². The zero-order valence-corrected chi connectivity index (χ0v) is 13.3. The molecule has 2 aromatic rings. The van der Waals surface area contributed by atoms with Gasteiger partial charge in [0.15, 0.2) is 0 Å². The molecule has 0 aliphatic heterocycles. The Hall–Kier alpha value is -2.27. The molecule has 2 heteroatoms. The second kappa shape index (κ2) is 5.61. The van der Waals surface area contributed by atoms with Gasteiger partial charge < -0.3 is 4.74 Å². The molecule has 0 aliphatic rings. The summed E-state index contributed by atoms with van der Waals surface area (Å²) >= 11 is 0. The van der Waals surface area contributed by atoms with Gasteiger partial charge in [0.2, 0.25) is 0 Å². The first-order valence-corrected chi connectivity index (χ1v) is 7.11. The molecule has 0 saturated heterocycles. The highest BCUT2D eigenvalue weighted by Crippen LogP contribution is 2.33. The number of aryl methyl sites for hydroxylation is 2. The van der Waals surface area contributed by atoms with Gasteiger partial charge >= 0.3 is 0 Å². The van der Waals surface area contributed by atoms with Crippen LogP contribution in [0.4, 0.5) is 0 Å². The Bertz CT molecular complexity index is 702. The summed E-state index contributed by atoms with van der Waals surface area (Å²) in [6, 6.07) is 14.0. The first kappa shape index (κ1) is 15.1. The van der Waals surface area contributed by atoms with E-state index in [-0.39, 0.29) is 5.41 Å². The van der Waals surface area contributed by atoms with Crippen LogP contribution >= 0.6 is 0 Å². The predicted molar refractivity (Wildman–Crippen MR) is 85.8 cm³/mol. The van der Waals surface area contributed by atoms with Crippen LogP contribution in [0.1, 0.15) is 43.0 Å². The summed E-state index contributed by atoms with van der Waals surface area (Å²) in [7, 11) is 0. The van der Waals surface area contributed by atoms with Crippen molar-refractivity contribution < 1.29 is 4.74 Å². The molecule has 21 heavy (non-hydrogen) atoms. The molecule has 0 amide bonds. The number of nitrogens with zero attached hydrogens (tertiary/aromatic N) is 1. The topological polar surface area (TPSA) is 33.0 Å². The molecule has 0 unspecified atom stereocenters. The fraction of sp³-hybridized carbons (Fsp3) is 0.316. The highest BCUT2D eigenvalue weighted by Gasteiger charge is 2.16. The minimum absolute atomic E-state index is 0.115. The lowest BCUT2D eigenvalue weighted by Crippen LogP contribution is -2.11. The zero-order chi connectivity index (χ0) is 15.6. The zero-order valence-electron chi connectivity index (χ0n) is 13.3. The molecular formula is C19H21NO.